The molecule has 3 rings (SSSR count). The summed E-state index contributed by atoms with van der Waals surface area (Å²) in [4.78, 5) is 18.0. The van der Waals surface area contributed by atoms with Crippen molar-refractivity contribution in [2.24, 2.45) is 0 Å². The second-order valence-electron chi connectivity index (χ2n) is 4.30. The van der Waals surface area contributed by atoms with Crippen LogP contribution in [-0.4, -0.2) is 24.5 Å². The zero-order valence-electron chi connectivity index (χ0n) is 10.6. The SMILES string of the molecule is CNc1cc(N2CC(=O)Nc3ccccc32)ccn1. The number of pyridine rings is 1. The Hall–Kier alpha value is -2.56. The maximum absolute atomic E-state index is 11.8. The number of benzene rings is 1. The Morgan fingerprint density at radius 3 is 3.00 bits per heavy atom. The van der Waals surface area contributed by atoms with Crippen LogP contribution in [0.4, 0.5) is 22.9 Å². The third-order valence-electron chi connectivity index (χ3n) is 3.08. The Labute approximate surface area is 111 Å². The molecule has 0 radical (unpaired) electrons. The highest BCUT2D eigenvalue weighted by Gasteiger charge is 2.22. The van der Waals surface area contributed by atoms with E-state index in [1.165, 1.54) is 0 Å². The first-order valence-electron chi connectivity index (χ1n) is 6.08. The van der Waals surface area contributed by atoms with Crippen LogP contribution in [0.3, 0.4) is 0 Å². The van der Waals surface area contributed by atoms with Gasteiger partial charge in [-0.1, -0.05) is 12.1 Å². The Morgan fingerprint density at radius 2 is 2.16 bits per heavy atom. The summed E-state index contributed by atoms with van der Waals surface area (Å²) >= 11 is 0. The lowest BCUT2D eigenvalue weighted by Crippen LogP contribution is -2.35. The van der Waals surface area contributed by atoms with Crippen molar-refractivity contribution in [1.29, 1.82) is 0 Å². The van der Waals surface area contributed by atoms with E-state index in [-0.39, 0.29) is 5.91 Å². The molecule has 2 heterocycles. The van der Waals surface area contributed by atoms with E-state index >= 15 is 0 Å². The number of carbonyl (C=O) groups is 1. The molecule has 0 atom stereocenters. The lowest BCUT2D eigenvalue weighted by molar-refractivity contribution is -0.115. The molecule has 5 heteroatoms. The van der Waals surface area contributed by atoms with Crippen LogP contribution in [0.25, 0.3) is 0 Å². The third-order valence-corrected chi connectivity index (χ3v) is 3.08. The first kappa shape index (κ1) is 11.5. The monoisotopic (exact) mass is 254 g/mol. The van der Waals surface area contributed by atoms with Crippen LogP contribution < -0.4 is 15.5 Å². The maximum Gasteiger partial charge on any atom is 0.244 e. The van der Waals surface area contributed by atoms with Gasteiger partial charge in [0.1, 0.15) is 12.4 Å². The highest BCUT2D eigenvalue weighted by atomic mass is 16.2. The largest absolute Gasteiger partial charge is 0.373 e. The summed E-state index contributed by atoms with van der Waals surface area (Å²) in [7, 11) is 1.82. The lowest BCUT2D eigenvalue weighted by Gasteiger charge is -2.30. The minimum atomic E-state index is -0.0125. The van der Waals surface area contributed by atoms with Gasteiger partial charge >= 0.3 is 0 Å². The first-order valence-corrected chi connectivity index (χ1v) is 6.08. The minimum Gasteiger partial charge on any atom is -0.373 e. The molecular formula is C14H14N4O. The van der Waals surface area contributed by atoms with Crippen molar-refractivity contribution in [3.8, 4) is 0 Å². The Morgan fingerprint density at radius 1 is 1.32 bits per heavy atom. The summed E-state index contributed by atoms with van der Waals surface area (Å²) in [5.41, 5.74) is 2.78. The van der Waals surface area contributed by atoms with Crippen LogP contribution in [0.1, 0.15) is 0 Å². The fraction of sp³-hybridized carbons (Fsp3) is 0.143. The van der Waals surface area contributed by atoms with Crippen LogP contribution >= 0.6 is 0 Å². The van der Waals surface area contributed by atoms with Crippen LogP contribution in [-0.2, 0) is 4.79 Å². The average molecular weight is 254 g/mol. The van der Waals surface area contributed by atoms with E-state index in [1.54, 1.807) is 6.20 Å². The molecule has 1 aliphatic heterocycles. The van der Waals surface area contributed by atoms with Crippen LogP contribution in [0.15, 0.2) is 42.6 Å². The van der Waals surface area contributed by atoms with Gasteiger partial charge in [-0.25, -0.2) is 4.98 Å². The Bertz CT molecular complexity index is 626. The van der Waals surface area contributed by atoms with Gasteiger partial charge in [-0.15, -0.1) is 0 Å². The van der Waals surface area contributed by atoms with E-state index in [0.29, 0.717) is 6.54 Å². The van der Waals surface area contributed by atoms with Gasteiger partial charge in [-0.3, -0.25) is 4.79 Å². The molecule has 0 fully saturated rings. The number of hydrogen-bond acceptors (Lipinski definition) is 4. The molecule has 1 aromatic carbocycles. The predicted octanol–water partition coefficient (Wildman–Crippen LogP) is 2.21. The Kier molecular flexibility index (Phi) is 2.79. The molecule has 0 spiro atoms. The fourth-order valence-electron chi connectivity index (χ4n) is 2.19. The number of amides is 1. The zero-order chi connectivity index (χ0) is 13.2. The first-order chi connectivity index (χ1) is 9.28. The molecule has 19 heavy (non-hydrogen) atoms. The molecule has 0 saturated carbocycles. The van der Waals surface area contributed by atoms with Crippen molar-refractivity contribution < 1.29 is 4.79 Å². The van der Waals surface area contributed by atoms with Crippen LogP contribution in [0.5, 0.6) is 0 Å². The molecule has 96 valence electrons. The van der Waals surface area contributed by atoms with Gasteiger partial charge in [0.2, 0.25) is 5.91 Å². The maximum atomic E-state index is 11.8. The van der Waals surface area contributed by atoms with E-state index < -0.39 is 0 Å². The number of aromatic nitrogens is 1. The van der Waals surface area contributed by atoms with Crippen molar-refractivity contribution in [2.75, 3.05) is 29.1 Å². The highest BCUT2D eigenvalue weighted by molar-refractivity contribution is 6.03. The lowest BCUT2D eigenvalue weighted by atomic mass is 10.1. The summed E-state index contributed by atoms with van der Waals surface area (Å²) in [6, 6.07) is 11.6. The Balaban J connectivity index is 2.07. The van der Waals surface area contributed by atoms with Crippen molar-refractivity contribution in [1.82, 2.24) is 4.98 Å². The summed E-state index contributed by atoms with van der Waals surface area (Å²) in [6.07, 6.45) is 1.73. The van der Waals surface area contributed by atoms with Crippen molar-refractivity contribution in [3.05, 3.63) is 42.6 Å². The van der Waals surface area contributed by atoms with E-state index in [9.17, 15) is 4.79 Å². The number of carbonyl (C=O) groups excluding carboxylic acids is 1. The molecule has 1 aliphatic rings. The second-order valence-corrected chi connectivity index (χ2v) is 4.30. The molecule has 2 aromatic rings. The quantitative estimate of drug-likeness (QED) is 0.862. The standard InChI is InChI=1S/C14H14N4O/c1-15-13-8-10(6-7-16-13)18-9-14(19)17-11-4-2-3-5-12(11)18/h2-8H,9H2,1H3,(H,15,16)(H,17,19). The van der Waals surface area contributed by atoms with Crippen molar-refractivity contribution in [3.63, 3.8) is 0 Å². The van der Waals surface area contributed by atoms with Crippen LogP contribution in [0.2, 0.25) is 0 Å². The molecule has 1 amide bonds. The molecule has 5 nitrogen and oxygen atoms in total. The van der Waals surface area contributed by atoms with Gasteiger partial charge in [0.05, 0.1) is 11.4 Å². The fourth-order valence-corrected chi connectivity index (χ4v) is 2.19. The number of nitrogens with one attached hydrogen (secondary N) is 2. The summed E-state index contributed by atoms with van der Waals surface area (Å²) in [5, 5.41) is 5.88. The predicted molar refractivity (Wildman–Crippen MR) is 75.9 cm³/mol. The number of rotatable bonds is 2. The molecular weight excluding hydrogens is 240 g/mol. The number of para-hydroxylation sites is 2. The number of nitrogens with zero attached hydrogens (tertiary/aromatic N) is 2. The number of anilines is 4. The van der Waals surface area contributed by atoms with Gasteiger partial charge in [0.15, 0.2) is 0 Å². The van der Waals surface area contributed by atoms with Gasteiger partial charge in [0.25, 0.3) is 0 Å². The average Bonchev–Trinajstić information content (AvgIpc) is 2.46. The smallest absolute Gasteiger partial charge is 0.244 e. The number of fused-ring (bicyclic) bond motifs is 1. The molecule has 2 N–H and O–H groups in total. The summed E-state index contributed by atoms with van der Waals surface area (Å²) < 4.78 is 0. The molecule has 0 aliphatic carbocycles. The molecule has 0 unspecified atom stereocenters. The summed E-state index contributed by atoms with van der Waals surface area (Å²) in [5.74, 6) is 0.766. The van der Waals surface area contributed by atoms with E-state index in [1.807, 2.05) is 48.3 Å². The molecule has 0 saturated heterocycles. The van der Waals surface area contributed by atoms with Crippen molar-refractivity contribution in [2.45, 2.75) is 0 Å². The van der Waals surface area contributed by atoms with Gasteiger partial charge < -0.3 is 15.5 Å². The van der Waals surface area contributed by atoms with Gasteiger partial charge in [0, 0.05) is 25.0 Å². The molecule has 0 bridgehead atoms. The topological polar surface area (TPSA) is 57.3 Å². The summed E-state index contributed by atoms with van der Waals surface area (Å²) in [6.45, 7) is 0.310. The number of hydrogen-bond donors (Lipinski definition) is 2. The van der Waals surface area contributed by atoms with E-state index in [2.05, 4.69) is 15.6 Å². The van der Waals surface area contributed by atoms with Gasteiger partial charge in [-0.05, 0) is 18.2 Å². The second kappa shape index (κ2) is 4.61. The normalized spacial score (nSPS) is 13.7. The zero-order valence-corrected chi connectivity index (χ0v) is 10.6. The van der Waals surface area contributed by atoms with Gasteiger partial charge in [-0.2, -0.15) is 0 Å². The molecule has 1 aromatic heterocycles. The van der Waals surface area contributed by atoms with E-state index in [4.69, 9.17) is 0 Å². The van der Waals surface area contributed by atoms with E-state index in [0.717, 1.165) is 22.9 Å². The highest BCUT2D eigenvalue weighted by Crippen LogP contribution is 2.34. The van der Waals surface area contributed by atoms with Crippen molar-refractivity contribution >= 4 is 28.8 Å². The minimum absolute atomic E-state index is 0.0125. The third kappa shape index (κ3) is 2.10. The van der Waals surface area contributed by atoms with Crippen LogP contribution in [0, 0.1) is 0 Å².